The zero-order valence-electron chi connectivity index (χ0n) is 9.82. The first kappa shape index (κ1) is 10.6. The predicted molar refractivity (Wildman–Crippen MR) is 62.0 cm³/mol. The smallest absolute Gasteiger partial charge is 0.138 e. The summed E-state index contributed by atoms with van der Waals surface area (Å²) in [7, 11) is 0. The fourth-order valence-electron chi connectivity index (χ4n) is 3.43. The first-order valence-corrected chi connectivity index (χ1v) is 6.60. The van der Waals surface area contributed by atoms with Crippen molar-refractivity contribution in [3.63, 3.8) is 0 Å². The molecule has 0 aromatic rings. The molecule has 0 amide bonds. The van der Waals surface area contributed by atoms with Crippen LogP contribution in [0.25, 0.3) is 0 Å². The van der Waals surface area contributed by atoms with Crippen molar-refractivity contribution in [3.8, 4) is 0 Å². The largest absolute Gasteiger partial charge is 0.495 e. The van der Waals surface area contributed by atoms with Gasteiger partial charge in [0.05, 0.1) is 6.61 Å². The summed E-state index contributed by atoms with van der Waals surface area (Å²) >= 11 is 0. The lowest BCUT2D eigenvalue weighted by molar-refractivity contribution is -0.0303. The van der Waals surface area contributed by atoms with Crippen LogP contribution in [0.1, 0.15) is 38.5 Å². The highest BCUT2D eigenvalue weighted by atomic mass is 16.5. The Morgan fingerprint density at radius 2 is 2.25 bits per heavy atom. The van der Waals surface area contributed by atoms with E-state index >= 15 is 0 Å². The standard InChI is InChI=1S/C13H21NO2/c15-13(12-6-2-4-10-16-12)7-9-14-8-3-1-5-11(13)14/h6,11,15H,1-5,7-10H2. The van der Waals surface area contributed by atoms with E-state index in [9.17, 15) is 5.11 Å². The van der Waals surface area contributed by atoms with Crippen molar-refractivity contribution >= 4 is 0 Å². The Hall–Kier alpha value is -0.540. The molecule has 1 N–H and O–H groups in total. The van der Waals surface area contributed by atoms with Gasteiger partial charge >= 0.3 is 0 Å². The molecule has 90 valence electrons. The van der Waals surface area contributed by atoms with Gasteiger partial charge in [-0.25, -0.2) is 0 Å². The maximum absolute atomic E-state index is 10.9. The highest BCUT2D eigenvalue weighted by Crippen LogP contribution is 2.41. The Kier molecular flexibility index (Phi) is 2.68. The summed E-state index contributed by atoms with van der Waals surface area (Å²) in [4.78, 5) is 2.45. The van der Waals surface area contributed by atoms with Gasteiger partial charge in [-0.2, -0.15) is 0 Å². The number of hydrogen-bond donors (Lipinski definition) is 1. The SMILES string of the molecule is OC1(C2=CCCCO2)CCN2CCCCC21. The van der Waals surface area contributed by atoms with Gasteiger partial charge in [-0.3, -0.25) is 4.90 Å². The van der Waals surface area contributed by atoms with E-state index in [0.29, 0.717) is 6.04 Å². The molecule has 0 aromatic heterocycles. The predicted octanol–water partition coefficient (Wildman–Crippen LogP) is 1.67. The third kappa shape index (κ3) is 1.57. The summed E-state index contributed by atoms with van der Waals surface area (Å²) in [6.07, 6.45) is 8.77. The van der Waals surface area contributed by atoms with Crippen LogP contribution < -0.4 is 0 Å². The zero-order valence-corrected chi connectivity index (χ0v) is 9.82. The molecule has 0 spiro atoms. The molecule has 2 atom stereocenters. The summed E-state index contributed by atoms with van der Waals surface area (Å²) in [5.41, 5.74) is -0.680. The minimum Gasteiger partial charge on any atom is -0.495 e. The molecule has 16 heavy (non-hydrogen) atoms. The Labute approximate surface area is 97.1 Å². The second-order valence-electron chi connectivity index (χ2n) is 5.28. The van der Waals surface area contributed by atoms with E-state index in [4.69, 9.17) is 4.74 Å². The molecule has 3 heterocycles. The topological polar surface area (TPSA) is 32.7 Å². The van der Waals surface area contributed by atoms with Gasteiger partial charge in [0.25, 0.3) is 0 Å². The normalized spacial score (nSPS) is 40.1. The number of piperidine rings is 1. The van der Waals surface area contributed by atoms with Gasteiger partial charge in [0.1, 0.15) is 11.4 Å². The van der Waals surface area contributed by atoms with E-state index in [1.165, 1.54) is 12.8 Å². The lowest BCUT2D eigenvalue weighted by Crippen LogP contribution is -2.49. The molecule has 0 aliphatic carbocycles. The average molecular weight is 223 g/mol. The lowest BCUT2D eigenvalue weighted by atomic mass is 9.86. The first-order valence-electron chi connectivity index (χ1n) is 6.60. The summed E-state index contributed by atoms with van der Waals surface area (Å²) in [5.74, 6) is 0.869. The quantitative estimate of drug-likeness (QED) is 0.734. The number of allylic oxidation sites excluding steroid dienone is 1. The molecular formula is C13H21NO2. The van der Waals surface area contributed by atoms with Crippen molar-refractivity contribution in [2.45, 2.75) is 50.2 Å². The highest BCUT2D eigenvalue weighted by molar-refractivity contribution is 5.20. The molecule has 3 aliphatic heterocycles. The number of aliphatic hydroxyl groups is 1. The molecular weight excluding hydrogens is 202 g/mol. The Bertz CT molecular complexity index is 302. The molecule has 0 saturated carbocycles. The number of rotatable bonds is 1. The molecule has 3 nitrogen and oxygen atoms in total. The summed E-state index contributed by atoms with van der Waals surface area (Å²) in [5, 5.41) is 10.9. The average Bonchev–Trinajstić information content (AvgIpc) is 2.71. The van der Waals surface area contributed by atoms with Crippen molar-refractivity contribution < 1.29 is 9.84 Å². The van der Waals surface area contributed by atoms with Crippen LogP contribution in [0.15, 0.2) is 11.8 Å². The molecule has 3 rings (SSSR count). The maximum atomic E-state index is 10.9. The first-order chi connectivity index (χ1) is 7.81. The Balaban J connectivity index is 1.83. The van der Waals surface area contributed by atoms with Gasteiger partial charge < -0.3 is 9.84 Å². The highest BCUT2D eigenvalue weighted by Gasteiger charge is 2.50. The van der Waals surface area contributed by atoms with Crippen molar-refractivity contribution in [3.05, 3.63) is 11.8 Å². The van der Waals surface area contributed by atoms with Gasteiger partial charge in [0, 0.05) is 12.6 Å². The third-order valence-corrected chi connectivity index (χ3v) is 4.31. The fourth-order valence-corrected chi connectivity index (χ4v) is 3.43. The number of fused-ring (bicyclic) bond motifs is 1. The second-order valence-corrected chi connectivity index (χ2v) is 5.28. The zero-order chi connectivity index (χ0) is 11.0. The van der Waals surface area contributed by atoms with Gasteiger partial charge in [0.2, 0.25) is 0 Å². The summed E-state index contributed by atoms with van der Waals surface area (Å²) < 4.78 is 5.70. The molecule has 0 bridgehead atoms. The van der Waals surface area contributed by atoms with E-state index in [1.54, 1.807) is 0 Å². The second kappa shape index (κ2) is 4.04. The third-order valence-electron chi connectivity index (χ3n) is 4.31. The molecule has 2 saturated heterocycles. The number of hydrogen-bond acceptors (Lipinski definition) is 3. The van der Waals surface area contributed by atoms with E-state index in [0.717, 1.165) is 51.1 Å². The van der Waals surface area contributed by atoms with Crippen molar-refractivity contribution in [2.75, 3.05) is 19.7 Å². The molecule has 2 unspecified atom stereocenters. The van der Waals surface area contributed by atoms with Crippen LogP contribution in [0.3, 0.4) is 0 Å². The van der Waals surface area contributed by atoms with Crippen LogP contribution in [0.2, 0.25) is 0 Å². The van der Waals surface area contributed by atoms with Crippen molar-refractivity contribution in [2.24, 2.45) is 0 Å². The van der Waals surface area contributed by atoms with Crippen LogP contribution in [-0.2, 0) is 4.74 Å². The van der Waals surface area contributed by atoms with Crippen molar-refractivity contribution in [1.29, 1.82) is 0 Å². The van der Waals surface area contributed by atoms with Crippen LogP contribution in [-0.4, -0.2) is 41.3 Å². The monoisotopic (exact) mass is 223 g/mol. The molecule has 3 aliphatic rings. The minimum absolute atomic E-state index is 0.311. The molecule has 2 fully saturated rings. The Morgan fingerprint density at radius 3 is 3.06 bits per heavy atom. The van der Waals surface area contributed by atoms with Crippen LogP contribution >= 0.6 is 0 Å². The van der Waals surface area contributed by atoms with Gasteiger partial charge in [-0.05, 0) is 44.7 Å². The van der Waals surface area contributed by atoms with E-state index in [1.807, 2.05) is 0 Å². The Morgan fingerprint density at radius 1 is 1.31 bits per heavy atom. The van der Waals surface area contributed by atoms with Crippen LogP contribution in [0.5, 0.6) is 0 Å². The van der Waals surface area contributed by atoms with Crippen LogP contribution in [0, 0.1) is 0 Å². The van der Waals surface area contributed by atoms with Crippen molar-refractivity contribution in [1.82, 2.24) is 4.90 Å². The fraction of sp³-hybridized carbons (Fsp3) is 0.846. The van der Waals surface area contributed by atoms with Crippen LogP contribution in [0.4, 0.5) is 0 Å². The van der Waals surface area contributed by atoms with E-state index in [-0.39, 0.29) is 0 Å². The minimum atomic E-state index is -0.680. The molecule has 0 aromatic carbocycles. The van der Waals surface area contributed by atoms with Gasteiger partial charge in [-0.1, -0.05) is 6.42 Å². The van der Waals surface area contributed by atoms with E-state index < -0.39 is 5.60 Å². The molecule has 3 heteroatoms. The van der Waals surface area contributed by atoms with Gasteiger partial charge in [-0.15, -0.1) is 0 Å². The number of nitrogens with zero attached hydrogens (tertiary/aromatic N) is 1. The summed E-state index contributed by atoms with van der Waals surface area (Å²) in [6, 6.07) is 0.311. The van der Waals surface area contributed by atoms with Gasteiger partial charge in [0.15, 0.2) is 0 Å². The lowest BCUT2D eigenvalue weighted by Gasteiger charge is -2.39. The number of ether oxygens (including phenoxy) is 1. The maximum Gasteiger partial charge on any atom is 0.138 e. The molecule has 0 radical (unpaired) electrons. The summed E-state index contributed by atoms with van der Waals surface area (Å²) in [6.45, 7) is 2.96. The van der Waals surface area contributed by atoms with E-state index in [2.05, 4.69) is 11.0 Å².